The van der Waals surface area contributed by atoms with Crippen LogP contribution in [0.4, 0.5) is 36.4 Å². The molecule has 42 heavy (non-hydrogen) atoms. The van der Waals surface area contributed by atoms with E-state index >= 15 is 0 Å². The predicted molar refractivity (Wildman–Crippen MR) is 133 cm³/mol. The largest absolute Gasteiger partial charge is 0.437 e. The number of alkyl halides is 7. The molecule has 2 amide bonds. The molecule has 222 valence electrons. The van der Waals surface area contributed by atoms with Crippen LogP contribution in [0.1, 0.15) is 37.8 Å². The van der Waals surface area contributed by atoms with Gasteiger partial charge in [-0.2, -0.15) is 31.4 Å². The molecule has 3 heterocycles. The van der Waals surface area contributed by atoms with Crippen molar-refractivity contribution in [2.75, 3.05) is 5.32 Å². The number of aryl methyl sites for hydroxylation is 1. The maximum absolute atomic E-state index is 14.4. The van der Waals surface area contributed by atoms with Crippen LogP contribution >= 0.6 is 23.2 Å². The molecule has 4 aromatic rings. The van der Waals surface area contributed by atoms with Crippen LogP contribution in [-0.4, -0.2) is 53.9 Å². The number of pyridine rings is 1. The van der Waals surface area contributed by atoms with E-state index in [2.05, 4.69) is 25.7 Å². The van der Waals surface area contributed by atoms with Crippen molar-refractivity contribution in [1.29, 1.82) is 0 Å². The molecule has 0 saturated carbocycles. The van der Waals surface area contributed by atoms with Crippen LogP contribution < -0.4 is 11.1 Å². The minimum absolute atomic E-state index is 0.00202. The van der Waals surface area contributed by atoms with Crippen molar-refractivity contribution >= 4 is 40.7 Å². The van der Waals surface area contributed by atoms with Crippen molar-refractivity contribution in [3.8, 4) is 5.82 Å². The van der Waals surface area contributed by atoms with Crippen LogP contribution in [0.3, 0.4) is 0 Å². The number of carbonyl (C=O) groups excluding carboxylic acids is 2. The lowest BCUT2D eigenvalue weighted by atomic mass is 10.0. The van der Waals surface area contributed by atoms with Gasteiger partial charge in [0.2, 0.25) is 0 Å². The number of anilines is 1. The highest BCUT2D eigenvalue weighted by molar-refractivity contribution is 6.32. The molecule has 19 heteroatoms. The van der Waals surface area contributed by atoms with Crippen molar-refractivity contribution < 1.29 is 40.3 Å². The Morgan fingerprint density at radius 2 is 1.71 bits per heavy atom. The summed E-state index contributed by atoms with van der Waals surface area (Å²) in [5, 5.41) is 12.7. The quantitative estimate of drug-likeness (QED) is 0.269. The van der Waals surface area contributed by atoms with E-state index in [1.165, 1.54) is 37.4 Å². The number of amides is 2. The molecule has 0 atom stereocenters. The van der Waals surface area contributed by atoms with Gasteiger partial charge < -0.3 is 11.1 Å². The second kappa shape index (κ2) is 10.9. The normalized spacial score (nSPS) is 12.4. The lowest BCUT2D eigenvalue weighted by molar-refractivity contribution is -0.350. The Morgan fingerprint density at radius 3 is 2.31 bits per heavy atom. The van der Waals surface area contributed by atoms with Crippen molar-refractivity contribution in [2.45, 2.75) is 31.5 Å². The average molecular weight is 639 g/mol. The topological polar surface area (TPSA) is 134 Å². The molecule has 3 aromatic heterocycles. The highest BCUT2D eigenvalue weighted by Crippen LogP contribution is 2.52. The number of halogens is 9. The number of nitrogens with two attached hydrogens (primary N) is 1. The van der Waals surface area contributed by atoms with E-state index in [-0.39, 0.29) is 44.7 Å². The Morgan fingerprint density at radius 1 is 1.05 bits per heavy atom. The van der Waals surface area contributed by atoms with Gasteiger partial charge in [0.25, 0.3) is 11.8 Å². The summed E-state index contributed by atoms with van der Waals surface area (Å²) in [6.07, 6.45) is -11.4. The number of hydrogen-bond acceptors (Lipinski definition) is 6. The van der Waals surface area contributed by atoms with Crippen LogP contribution in [0.5, 0.6) is 0 Å². The Hall–Kier alpha value is -4.25. The summed E-state index contributed by atoms with van der Waals surface area (Å²) in [6, 6.07) is 6.62. The van der Waals surface area contributed by atoms with Gasteiger partial charge >= 0.3 is 18.0 Å². The van der Waals surface area contributed by atoms with Gasteiger partial charge in [0.1, 0.15) is 11.4 Å². The number of primary amides is 1. The minimum atomic E-state index is -6.39. The molecule has 0 fully saturated rings. The van der Waals surface area contributed by atoms with Crippen molar-refractivity contribution in [3.05, 3.63) is 81.0 Å². The average Bonchev–Trinajstić information content (AvgIpc) is 3.51. The first-order chi connectivity index (χ1) is 19.4. The van der Waals surface area contributed by atoms with E-state index in [0.29, 0.717) is 10.2 Å². The SMILES string of the molecule is Cc1cc(Cl)cc(C(N)=O)c1NC(=O)c1cc(Cn2cc(C(F)(C(F)(F)F)C(F)(F)F)nn2)nn1-c1ncccc1Cl. The third kappa shape index (κ3) is 5.61. The molecule has 0 spiro atoms. The Balaban J connectivity index is 1.76. The lowest BCUT2D eigenvalue weighted by Crippen LogP contribution is -2.50. The number of carbonyl (C=O) groups is 2. The second-order valence-electron chi connectivity index (χ2n) is 8.66. The lowest BCUT2D eigenvalue weighted by Gasteiger charge is -2.27. The molecule has 0 aliphatic carbocycles. The molecular weight excluding hydrogens is 624 g/mol. The van der Waals surface area contributed by atoms with Gasteiger partial charge in [-0.15, -0.1) is 5.10 Å². The summed E-state index contributed by atoms with van der Waals surface area (Å²) in [6.45, 7) is 0.865. The highest BCUT2D eigenvalue weighted by Gasteiger charge is 2.75. The molecule has 0 aliphatic rings. The zero-order valence-electron chi connectivity index (χ0n) is 20.7. The van der Waals surface area contributed by atoms with E-state index < -0.39 is 42.1 Å². The molecule has 10 nitrogen and oxygen atoms in total. The van der Waals surface area contributed by atoms with Gasteiger partial charge in [-0.05, 0) is 42.8 Å². The molecule has 0 saturated heterocycles. The zero-order valence-corrected chi connectivity index (χ0v) is 22.2. The first kappa shape index (κ1) is 30.7. The van der Waals surface area contributed by atoms with Gasteiger partial charge in [0, 0.05) is 11.2 Å². The fourth-order valence-electron chi connectivity index (χ4n) is 3.80. The van der Waals surface area contributed by atoms with Gasteiger partial charge in [0.05, 0.1) is 34.7 Å². The molecule has 0 radical (unpaired) electrons. The van der Waals surface area contributed by atoms with E-state index in [1.54, 1.807) is 0 Å². The summed E-state index contributed by atoms with van der Waals surface area (Å²) in [4.78, 5) is 29.4. The molecular formula is C23H15Cl2F7N8O2. The van der Waals surface area contributed by atoms with Gasteiger partial charge in [-0.25, -0.2) is 18.7 Å². The fraction of sp³-hybridized carbons (Fsp3) is 0.217. The molecule has 4 rings (SSSR count). The van der Waals surface area contributed by atoms with Crippen molar-refractivity contribution in [2.24, 2.45) is 5.73 Å². The van der Waals surface area contributed by atoms with E-state index in [9.17, 15) is 40.3 Å². The number of aromatic nitrogens is 6. The number of nitrogens with zero attached hydrogens (tertiary/aromatic N) is 6. The Bertz CT molecular complexity index is 1670. The van der Waals surface area contributed by atoms with E-state index in [4.69, 9.17) is 28.9 Å². The van der Waals surface area contributed by atoms with Crippen LogP contribution in [0.15, 0.2) is 42.7 Å². The Kier molecular flexibility index (Phi) is 7.94. The van der Waals surface area contributed by atoms with E-state index in [1.807, 2.05) is 0 Å². The smallest absolute Gasteiger partial charge is 0.366 e. The standard InChI is InChI=1S/C23H15Cl2F7N8O2/c1-10-5-11(24)6-13(18(33)41)17(10)35-20(42)15-7-12(37-40(15)19-14(25)3-2-4-34-19)8-39-9-16(36-38-39)21(26,22(27,28)29)23(30,31)32/h2-7,9H,8H2,1H3,(H2,33,41)(H,35,42). The number of benzene rings is 1. The fourth-order valence-corrected chi connectivity index (χ4v) is 4.27. The zero-order chi connectivity index (χ0) is 31.2. The van der Waals surface area contributed by atoms with Crippen LogP contribution in [0.2, 0.25) is 10.0 Å². The third-order valence-corrected chi connectivity index (χ3v) is 6.25. The highest BCUT2D eigenvalue weighted by atomic mass is 35.5. The summed E-state index contributed by atoms with van der Waals surface area (Å²) in [5.74, 6) is -1.91. The minimum Gasteiger partial charge on any atom is -0.366 e. The maximum atomic E-state index is 14.4. The van der Waals surface area contributed by atoms with Gasteiger partial charge in [-0.3, -0.25) is 9.59 Å². The van der Waals surface area contributed by atoms with Crippen LogP contribution in [-0.2, 0) is 12.2 Å². The van der Waals surface area contributed by atoms with Gasteiger partial charge in [0.15, 0.2) is 5.82 Å². The predicted octanol–water partition coefficient (Wildman–Crippen LogP) is 5.16. The van der Waals surface area contributed by atoms with Crippen molar-refractivity contribution in [1.82, 2.24) is 29.8 Å². The summed E-state index contributed by atoms with van der Waals surface area (Å²) in [5.41, 5.74) is -2.67. The summed E-state index contributed by atoms with van der Waals surface area (Å²) in [7, 11) is 0. The van der Waals surface area contributed by atoms with Gasteiger partial charge in [-0.1, -0.05) is 28.4 Å². The van der Waals surface area contributed by atoms with Crippen molar-refractivity contribution in [3.63, 3.8) is 0 Å². The second-order valence-corrected chi connectivity index (χ2v) is 9.50. The first-order valence-corrected chi connectivity index (χ1v) is 12.0. The monoisotopic (exact) mass is 638 g/mol. The molecule has 0 unspecified atom stereocenters. The Labute approximate surface area is 240 Å². The van der Waals surface area contributed by atoms with E-state index in [0.717, 1.165) is 10.7 Å². The molecule has 3 N–H and O–H groups in total. The molecule has 1 aromatic carbocycles. The van der Waals surface area contributed by atoms with Crippen LogP contribution in [0, 0.1) is 6.92 Å². The maximum Gasteiger partial charge on any atom is 0.437 e. The number of hydrogen-bond donors (Lipinski definition) is 2. The third-order valence-electron chi connectivity index (χ3n) is 5.73. The van der Waals surface area contributed by atoms with Crippen LogP contribution in [0.25, 0.3) is 5.82 Å². The summed E-state index contributed by atoms with van der Waals surface area (Å²) < 4.78 is 94.5. The number of rotatable bonds is 7. The number of nitrogens with one attached hydrogen (secondary N) is 1. The first-order valence-electron chi connectivity index (χ1n) is 11.3. The summed E-state index contributed by atoms with van der Waals surface area (Å²) >= 11 is 12.2. The molecule has 0 bridgehead atoms. The molecule has 0 aliphatic heterocycles.